The molecule has 2 aromatic rings. The van der Waals surface area contributed by atoms with Crippen molar-refractivity contribution >= 4 is 36.4 Å². The Balaban J connectivity index is 1.92. The zero-order valence-corrected chi connectivity index (χ0v) is 13.4. The lowest BCUT2D eigenvalue weighted by Gasteiger charge is -2.17. The standard InChI is InChI=1S/C10H13ClN5O7P/c11-10-15-4-7(12)13-2-14-8(4)16(10)9-6(18)5(17)3(23-9)1-22-24(19,20)21/h2-3,5-6,9,17-18H,1H2,(H2,12,13,14)(H2,19,20,21). The third kappa shape index (κ3) is 3.10. The zero-order chi connectivity index (χ0) is 17.6. The van der Waals surface area contributed by atoms with E-state index in [-0.39, 0.29) is 22.3 Å². The van der Waals surface area contributed by atoms with E-state index in [4.69, 9.17) is 31.9 Å². The molecule has 1 aliphatic heterocycles. The molecule has 0 radical (unpaired) electrons. The number of halogens is 1. The molecule has 0 saturated carbocycles. The number of aliphatic hydroxyl groups excluding tert-OH is 2. The van der Waals surface area contributed by atoms with E-state index in [1.54, 1.807) is 0 Å². The summed E-state index contributed by atoms with van der Waals surface area (Å²) >= 11 is 6.03. The first-order valence-electron chi connectivity index (χ1n) is 6.54. The summed E-state index contributed by atoms with van der Waals surface area (Å²) in [6.07, 6.45) is -4.20. The van der Waals surface area contributed by atoms with Crippen molar-refractivity contribution in [1.82, 2.24) is 19.5 Å². The quantitative estimate of drug-likeness (QED) is 0.316. The lowest BCUT2D eigenvalue weighted by molar-refractivity contribution is -0.0502. The van der Waals surface area contributed by atoms with Crippen LogP contribution in [-0.2, 0) is 13.8 Å². The SMILES string of the molecule is Nc1ncnc2c1nc(Cl)n2C1OC(COP(=O)(O)O)C(O)C1O. The van der Waals surface area contributed by atoms with E-state index >= 15 is 0 Å². The Morgan fingerprint density at radius 1 is 1.38 bits per heavy atom. The number of hydrogen-bond donors (Lipinski definition) is 5. The van der Waals surface area contributed by atoms with Crippen molar-refractivity contribution in [2.24, 2.45) is 0 Å². The normalized spacial score (nSPS) is 27.9. The van der Waals surface area contributed by atoms with E-state index in [0.29, 0.717) is 0 Å². The lowest BCUT2D eigenvalue weighted by atomic mass is 10.1. The van der Waals surface area contributed by atoms with Gasteiger partial charge in [-0.25, -0.2) is 19.5 Å². The van der Waals surface area contributed by atoms with Gasteiger partial charge in [-0.3, -0.25) is 9.09 Å². The summed E-state index contributed by atoms with van der Waals surface area (Å²) in [4.78, 5) is 29.2. The molecular formula is C10H13ClN5O7P. The van der Waals surface area contributed by atoms with E-state index < -0.39 is 39.0 Å². The molecule has 0 bridgehead atoms. The summed E-state index contributed by atoms with van der Waals surface area (Å²) in [6.45, 7) is -0.639. The Morgan fingerprint density at radius 3 is 2.75 bits per heavy atom. The third-order valence-corrected chi connectivity index (χ3v) is 4.21. The van der Waals surface area contributed by atoms with Crippen LogP contribution in [0.5, 0.6) is 0 Å². The fourth-order valence-electron chi connectivity index (χ4n) is 2.38. The predicted molar refractivity (Wildman–Crippen MR) is 78.7 cm³/mol. The number of anilines is 1. The summed E-state index contributed by atoms with van der Waals surface area (Å²) < 4.78 is 21.7. The second-order valence-corrected chi connectivity index (χ2v) is 6.59. The number of fused-ring (bicyclic) bond motifs is 1. The zero-order valence-electron chi connectivity index (χ0n) is 11.8. The van der Waals surface area contributed by atoms with Gasteiger partial charge in [-0.1, -0.05) is 0 Å². The van der Waals surface area contributed by atoms with Gasteiger partial charge in [0.1, 0.15) is 24.6 Å². The minimum Gasteiger partial charge on any atom is -0.387 e. The van der Waals surface area contributed by atoms with E-state index in [1.807, 2.05) is 0 Å². The summed E-state index contributed by atoms with van der Waals surface area (Å²) in [5.74, 6) is 0.0649. The number of nitrogen functional groups attached to an aromatic ring is 1. The maximum Gasteiger partial charge on any atom is 0.469 e. The van der Waals surface area contributed by atoms with Gasteiger partial charge in [-0.2, -0.15) is 0 Å². The topological polar surface area (TPSA) is 186 Å². The van der Waals surface area contributed by atoms with Crippen LogP contribution in [0.2, 0.25) is 5.28 Å². The molecule has 1 fully saturated rings. The fourth-order valence-corrected chi connectivity index (χ4v) is 2.98. The largest absolute Gasteiger partial charge is 0.469 e. The average Bonchev–Trinajstić information content (AvgIpc) is 2.96. The van der Waals surface area contributed by atoms with Crippen LogP contribution in [0.15, 0.2) is 6.33 Å². The third-order valence-electron chi connectivity index (χ3n) is 3.46. The number of rotatable bonds is 4. The summed E-state index contributed by atoms with van der Waals surface area (Å²) in [5, 5.41) is 20.1. The minimum atomic E-state index is -4.75. The number of phosphoric acid groups is 1. The fraction of sp³-hybridized carbons (Fsp3) is 0.500. The van der Waals surface area contributed by atoms with Gasteiger partial charge in [-0.15, -0.1) is 0 Å². The maximum atomic E-state index is 10.8. The van der Waals surface area contributed by atoms with Crippen LogP contribution < -0.4 is 5.73 Å². The monoisotopic (exact) mass is 381 g/mol. The van der Waals surface area contributed by atoms with Crippen LogP contribution in [0.1, 0.15) is 6.23 Å². The van der Waals surface area contributed by atoms with Crippen molar-refractivity contribution < 1.29 is 33.8 Å². The number of ether oxygens (including phenoxy) is 1. The molecule has 12 nitrogen and oxygen atoms in total. The predicted octanol–water partition coefficient (Wildman–Crippen LogP) is -1.21. The molecule has 1 saturated heterocycles. The van der Waals surface area contributed by atoms with Crippen LogP contribution in [-0.4, -0.2) is 64.4 Å². The molecule has 3 rings (SSSR count). The number of nitrogens with zero attached hydrogens (tertiary/aromatic N) is 4. The molecule has 4 atom stereocenters. The van der Waals surface area contributed by atoms with Crippen molar-refractivity contribution in [3.8, 4) is 0 Å². The second-order valence-electron chi connectivity index (χ2n) is 5.01. The smallest absolute Gasteiger partial charge is 0.387 e. The van der Waals surface area contributed by atoms with E-state index in [0.717, 1.165) is 6.33 Å². The molecule has 4 unspecified atom stereocenters. The van der Waals surface area contributed by atoms with Crippen LogP contribution >= 0.6 is 19.4 Å². The van der Waals surface area contributed by atoms with Gasteiger partial charge in [0, 0.05) is 0 Å². The van der Waals surface area contributed by atoms with Crippen molar-refractivity contribution in [2.75, 3.05) is 12.3 Å². The van der Waals surface area contributed by atoms with E-state index in [2.05, 4.69) is 19.5 Å². The van der Waals surface area contributed by atoms with Crippen LogP contribution in [0, 0.1) is 0 Å². The lowest BCUT2D eigenvalue weighted by Crippen LogP contribution is -2.33. The van der Waals surface area contributed by atoms with Crippen molar-refractivity contribution in [1.29, 1.82) is 0 Å². The molecule has 1 aliphatic rings. The number of aromatic nitrogens is 4. The van der Waals surface area contributed by atoms with E-state index in [9.17, 15) is 14.8 Å². The first-order valence-corrected chi connectivity index (χ1v) is 8.45. The number of hydrogen-bond acceptors (Lipinski definition) is 9. The Labute approximate surface area is 139 Å². The van der Waals surface area contributed by atoms with Crippen molar-refractivity contribution in [2.45, 2.75) is 24.5 Å². The second kappa shape index (κ2) is 6.17. The average molecular weight is 382 g/mol. The first kappa shape index (κ1) is 17.5. The number of nitrogens with two attached hydrogens (primary N) is 1. The van der Waals surface area contributed by atoms with E-state index in [1.165, 1.54) is 4.57 Å². The number of aliphatic hydroxyl groups is 2. The molecular weight excluding hydrogens is 369 g/mol. The Hall–Kier alpha value is -1.37. The van der Waals surface area contributed by atoms with Crippen molar-refractivity contribution in [3.63, 3.8) is 0 Å². The molecule has 0 aromatic carbocycles. The van der Waals surface area contributed by atoms with Gasteiger partial charge in [-0.05, 0) is 11.6 Å². The minimum absolute atomic E-state index is 0.0649. The van der Waals surface area contributed by atoms with Crippen LogP contribution in [0.25, 0.3) is 11.2 Å². The summed E-state index contributed by atoms with van der Waals surface area (Å²) in [5.41, 5.74) is 6.03. The number of imidazole rings is 1. The van der Waals surface area contributed by atoms with Gasteiger partial charge >= 0.3 is 7.82 Å². The highest BCUT2D eigenvalue weighted by Gasteiger charge is 2.46. The molecule has 0 amide bonds. The number of phosphoric ester groups is 1. The molecule has 3 heterocycles. The van der Waals surface area contributed by atoms with Gasteiger partial charge in [0.15, 0.2) is 23.2 Å². The maximum absolute atomic E-state index is 10.8. The van der Waals surface area contributed by atoms with Crippen molar-refractivity contribution in [3.05, 3.63) is 11.6 Å². The van der Waals surface area contributed by atoms with Gasteiger partial charge in [0.2, 0.25) is 5.28 Å². The highest BCUT2D eigenvalue weighted by Crippen LogP contribution is 2.39. The molecule has 14 heteroatoms. The molecule has 0 spiro atoms. The highest BCUT2D eigenvalue weighted by molar-refractivity contribution is 7.46. The summed E-state index contributed by atoms with van der Waals surface area (Å²) in [6, 6.07) is 0. The van der Waals surface area contributed by atoms with Gasteiger partial charge < -0.3 is 30.5 Å². The highest BCUT2D eigenvalue weighted by atomic mass is 35.5. The van der Waals surface area contributed by atoms with Crippen LogP contribution in [0.3, 0.4) is 0 Å². The molecule has 6 N–H and O–H groups in total. The van der Waals surface area contributed by atoms with Gasteiger partial charge in [0.25, 0.3) is 0 Å². The van der Waals surface area contributed by atoms with Gasteiger partial charge in [0.05, 0.1) is 6.61 Å². The molecule has 2 aromatic heterocycles. The summed E-state index contributed by atoms with van der Waals surface area (Å²) in [7, 11) is -4.75. The molecule has 24 heavy (non-hydrogen) atoms. The Bertz CT molecular complexity index is 812. The molecule has 132 valence electrons. The van der Waals surface area contributed by atoms with Crippen LogP contribution in [0.4, 0.5) is 5.82 Å². The molecule has 0 aliphatic carbocycles. The first-order chi connectivity index (χ1) is 11.2. The Morgan fingerprint density at radius 2 is 2.08 bits per heavy atom. The Kier molecular flexibility index (Phi) is 4.49.